The van der Waals surface area contributed by atoms with Crippen molar-refractivity contribution in [1.82, 2.24) is 19.2 Å². The fourth-order valence-corrected chi connectivity index (χ4v) is 1.21. The second kappa shape index (κ2) is 3.52. The van der Waals surface area contributed by atoms with Crippen LogP contribution in [-0.2, 0) is 11.3 Å². The lowest BCUT2D eigenvalue weighted by molar-refractivity contribution is -0.137. The zero-order chi connectivity index (χ0) is 10.8. The molecule has 15 heavy (non-hydrogen) atoms. The van der Waals surface area contributed by atoms with Crippen molar-refractivity contribution in [3.8, 4) is 0 Å². The van der Waals surface area contributed by atoms with E-state index >= 15 is 0 Å². The first-order valence-corrected chi connectivity index (χ1v) is 4.30. The summed E-state index contributed by atoms with van der Waals surface area (Å²) in [4.78, 5) is 25.8. The lowest BCUT2D eigenvalue weighted by Crippen LogP contribution is -2.22. The average Bonchev–Trinajstić information content (AvgIpc) is 2.54. The van der Waals surface area contributed by atoms with Crippen LogP contribution in [0.25, 0.3) is 5.78 Å². The van der Waals surface area contributed by atoms with Crippen molar-refractivity contribution in [3.63, 3.8) is 0 Å². The van der Waals surface area contributed by atoms with Crippen LogP contribution in [0, 0.1) is 0 Å². The Morgan fingerprint density at radius 2 is 2.33 bits per heavy atom. The van der Waals surface area contributed by atoms with Gasteiger partial charge in [0.25, 0.3) is 5.78 Å². The predicted octanol–water partition coefficient (Wildman–Crippen LogP) is -0.634. The maximum atomic E-state index is 11.6. The molecule has 0 amide bonds. The SMILES string of the molecule is O=C(O)CCn1nc2ncccn2c1=O. The fraction of sp³-hybridized carbons (Fsp3) is 0.250. The van der Waals surface area contributed by atoms with E-state index in [2.05, 4.69) is 10.1 Å². The highest BCUT2D eigenvalue weighted by molar-refractivity contribution is 5.66. The molecule has 0 unspecified atom stereocenters. The molecule has 0 bridgehead atoms. The lowest BCUT2D eigenvalue weighted by Gasteiger charge is -1.92. The van der Waals surface area contributed by atoms with E-state index in [0.29, 0.717) is 0 Å². The Hall–Kier alpha value is -2.18. The van der Waals surface area contributed by atoms with Crippen LogP contribution in [0.5, 0.6) is 0 Å². The Bertz CT molecular complexity index is 556. The monoisotopic (exact) mass is 208 g/mol. The number of aliphatic carboxylic acids is 1. The van der Waals surface area contributed by atoms with Crippen LogP contribution in [-0.4, -0.2) is 30.2 Å². The number of nitrogens with zero attached hydrogens (tertiary/aromatic N) is 4. The summed E-state index contributed by atoms with van der Waals surface area (Å²) in [5.74, 6) is -0.695. The molecule has 0 aromatic carbocycles. The van der Waals surface area contributed by atoms with Gasteiger partial charge in [-0.05, 0) is 6.07 Å². The Kier molecular flexibility index (Phi) is 2.20. The molecule has 7 nitrogen and oxygen atoms in total. The summed E-state index contributed by atoms with van der Waals surface area (Å²) in [6.45, 7) is 0.0531. The molecule has 0 saturated heterocycles. The van der Waals surface area contributed by atoms with Crippen molar-refractivity contribution >= 4 is 11.7 Å². The summed E-state index contributed by atoms with van der Waals surface area (Å²) in [5, 5.41) is 12.4. The summed E-state index contributed by atoms with van der Waals surface area (Å²) in [6, 6.07) is 1.61. The van der Waals surface area contributed by atoms with Crippen molar-refractivity contribution in [2.24, 2.45) is 0 Å². The molecule has 78 valence electrons. The zero-order valence-electron chi connectivity index (χ0n) is 7.70. The molecule has 2 aromatic rings. The first-order chi connectivity index (χ1) is 7.18. The molecular formula is C8H8N4O3. The van der Waals surface area contributed by atoms with E-state index < -0.39 is 5.97 Å². The number of carbonyl (C=O) groups is 1. The number of aryl methyl sites for hydroxylation is 1. The summed E-state index contributed by atoms with van der Waals surface area (Å²) in [5.41, 5.74) is -0.376. The van der Waals surface area contributed by atoms with Gasteiger partial charge >= 0.3 is 11.7 Å². The third-order valence-electron chi connectivity index (χ3n) is 1.90. The van der Waals surface area contributed by atoms with Crippen LogP contribution in [0.1, 0.15) is 6.42 Å². The molecule has 2 aromatic heterocycles. The number of hydrogen-bond donors (Lipinski definition) is 1. The molecule has 1 N–H and O–H groups in total. The molecule has 0 aliphatic heterocycles. The van der Waals surface area contributed by atoms with Gasteiger partial charge < -0.3 is 5.11 Å². The largest absolute Gasteiger partial charge is 0.481 e. The van der Waals surface area contributed by atoms with Crippen LogP contribution < -0.4 is 5.69 Å². The van der Waals surface area contributed by atoms with Gasteiger partial charge in [-0.25, -0.2) is 18.9 Å². The minimum atomic E-state index is -0.966. The maximum Gasteiger partial charge on any atom is 0.351 e. The first-order valence-electron chi connectivity index (χ1n) is 4.30. The number of aromatic nitrogens is 4. The summed E-state index contributed by atoms with van der Waals surface area (Å²) >= 11 is 0. The van der Waals surface area contributed by atoms with Gasteiger partial charge in [-0.15, -0.1) is 5.10 Å². The zero-order valence-corrected chi connectivity index (χ0v) is 7.70. The predicted molar refractivity (Wildman–Crippen MR) is 49.5 cm³/mol. The fourth-order valence-electron chi connectivity index (χ4n) is 1.21. The maximum absolute atomic E-state index is 11.6. The Balaban J connectivity index is 2.40. The van der Waals surface area contributed by atoms with E-state index in [4.69, 9.17) is 5.11 Å². The van der Waals surface area contributed by atoms with Gasteiger partial charge in [0.05, 0.1) is 13.0 Å². The topological polar surface area (TPSA) is 89.5 Å². The van der Waals surface area contributed by atoms with Crippen molar-refractivity contribution in [2.45, 2.75) is 13.0 Å². The highest BCUT2D eigenvalue weighted by Gasteiger charge is 2.07. The molecule has 2 rings (SSSR count). The van der Waals surface area contributed by atoms with E-state index in [1.165, 1.54) is 16.8 Å². The highest BCUT2D eigenvalue weighted by Crippen LogP contribution is 1.91. The van der Waals surface area contributed by atoms with E-state index in [9.17, 15) is 9.59 Å². The number of carboxylic acids is 1. The van der Waals surface area contributed by atoms with Crippen LogP contribution in [0.3, 0.4) is 0 Å². The molecule has 0 spiro atoms. The van der Waals surface area contributed by atoms with Gasteiger partial charge in [-0.1, -0.05) is 0 Å². The van der Waals surface area contributed by atoms with Gasteiger partial charge in [0.15, 0.2) is 0 Å². The van der Waals surface area contributed by atoms with E-state index in [-0.39, 0.29) is 24.4 Å². The van der Waals surface area contributed by atoms with Crippen LogP contribution in [0.2, 0.25) is 0 Å². The number of hydrogen-bond acceptors (Lipinski definition) is 4. The molecule has 0 fully saturated rings. The first kappa shape index (κ1) is 9.38. The minimum absolute atomic E-state index is 0.0531. The van der Waals surface area contributed by atoms with Gasteiger partial charge in [-0.2, -0.15) is 0 Å². The highest BCUT2D eigenvalue weighted by atomic mass is 16.4. The van der Waals surface area contributed by atoms with Gasteiger partial charge in [0, 0.05) is 12.4 Å². The van der Waals surface area contributed by atoms with Gasteiger partial charge in [0.1, 0.15) is 0 Å². The quantitative estimate of drug-likeness (QED) is 0.725. The Morgan fingerprint density at radius 3 is 3.00 bits per heavy atom. The second-order valence-electron chi connectivity index (χ2n) is 2.94. The summed E-state index contributed by atoms with van der Waals surface area (Å²) in [6.07, 6.45) is 2.92. The van der Waals surface area contributed by atoms with Crippen molar-refractivity contribution in [2.75, 3.05) is 0 Å². The summed E-state index contributed by atoms with van der Waals surface area (Å²) < 4.78 is 2.36. The minimum Gasteiger partial charge on any atom is -0.481 e. The van der Waals surface area contributed by atoms with Crippen molar-refractivity contribution < 1.29 is 9.90 Å². The van der Waals surface area contributed by atoms with Gasteiger partial charge in [0.2, 0.25) is 0 Å². The molecule has 0 aliphatic carbocycles. The average molecular weight is 208 g/mol. The van der Waals surface area contributed by atoms with Gasteiger partial charge in [-0.3, -0.25) is 4.79 Å². The van der Waals surface area contributed by atoms with E-state index in [1.807, 2.05) is 0 Å². The number of carboxylic acid groups (broad SMARTS) is 1. The van der Waals surface area contributed by atoms with Crippen LogP contribution in [0.4, 0.5) is 0 Å². The molecule has 7 heteroatoms. The normalized spacial score (nSPS) is 10.7. The van der Waals surface area contributed by atoms with Crippen LogP contribution >= 0.6 is 0 Å². The molecule has 2 heterocycles. The molecule has 0 radical (unpaired) electrons. The van der Waals surface area contributed by atoms with Crippen LogP contribution in [0.15, 0.2) is 23.3 Å². The lowest BCUT2D eigenvalue weighted by atomic mass is 10.4. The molecule has 0 aliphatic rings. The summed E-state index contributed by atoms with van der Waals surface area (Å²) in [7, 11) is 0. The third kappa shape index (κ3) is 1.71. The molecule has 0 atom stereocenters. The third-order valence-corrected chi connectivity index (χ3v) is 1.90. The van der Waals surface area contributed by atoms with E-state index in [0.717, 1.165) is 4.68 Å². The van der Waals surface area contributed by atoms with Crippen molar-refractivity contribution in [1.29, 1.82) is 0 Å². The Morgan fingerprint density at radius 1 is 1.53 bits per heavy atom. The Labute approximate surface area is 83.6 Å². The number of fused-ring (bicyclic) bond motifs is 1. The van der Waals surface area contributed by atoms with Crippen molar-refractivity contribution in [3.05, 3.63) is 28.9 Å². The smallest absolute Gasteiger partial charge is 0.351 e. The number of rotatable bonds is 3. The second-order valence-corrected chi connectivity index (χ2v) is 2.94. The molecule has 0 saturated carbocycles. The standard InChI is InChI=1S/C8H8N4O3/c13-6(14)2-5-12-8(15)11-4-1-3-9-7(11)10-12/h1,3-4H,2,5H2,(H,13,14). The molecular weight excluding hydrogens is 200 g/mol. The van der Waals surface area contributed by atoms with E-state index in [1.54, 1.807) is 6.07 Å².